The van der Waals surface area contributed by atoms with E-state index in [9.17, 15) is 0 Å². The third-order valence-electron chi connectivity index (χ3n) is 16.0. The second kappa shape index (κ2) is 39.3. The van der Waals surface area contributed by atoms with Crippen molar-refractivity contribution in [2.24, 2.45) is 0 Å². The molecule has 0 spiro atoms. The van der Waals surface area contributed by atoms with Crippen molar-refractivity contribution >= 4 is 46.5 Å². The molecule has 10 aromatic rings. The lowest BCUT2D eigenvalue weighted by molar-refractivity contribution is -0.204. The third kappa shape index (κ3) is 25.5. The van der Waals surface area contributed by atoms with Gasteiger partial charge in [0.1, 0.15) is 36.6 Å². The Hall–Kier alpha value is -7.06. The quantitative estimate of drug-likeness (QED) is 0.0322. The minimum absolute atomic E-state index is 0.373. The summed E-state index contributed by atoms with van der Waals surface area (Å²) in [5, 5.41) is 0. The van der Waals surface area contributed by atoms with E-state index >= 15 is 27.4 Å². The molecular formula is C78H82O22P6. The van der Waals surface area contributed by atoms with Crippen LogP contribution in [0.5, 0.6) is 0 Å². The van der Waals surface area contributed by atoms with Crippen LogP contribution in [0.4, 0.5) is 0 Å². The predicted molar refractivity (Wildman–Crippen MR) is 399 cm³/mol. The Labute approximate surface area is 617 Å². The average molecular weight is 1560 g/mol. The number of rotatable bonds is 42. The molecule has 556 valence electrons. The average Bonchev–Trinajstić information content (AvgIpc) is 0.735. The molecule has 22 nitrogen and oxygen atoms in total. The van der Waals surface area contributed by atoms with Gasteiger partial charge in [-0.1, -0.05) is 303 Å². The zero-order valence-electron chi connectivity index (χ0n) is 58.1. The van der Waals surface area contributed by atoms with Gasteiger partial charge in [-0.3, -0.25) is 72.5 Å². The molecule has 0 N–H and O–H groups in total. The molecule has 0 aromatic heterocycles. The van der Waals surface area contributed by atoms with Gasteiger partial charge in [0.05, 0.1) is 66.1 Å². The van der Waals surface area contributed by atoms with E-state index in [1.807, 2.05) is 0 Å². The molecule has 0 saturated heterocycles. The number of phosphoric ester groups is 4. The van der Waals surface area contributed by atoms with E-state index in [2.05, 4.69) is 0 Å². The highest BCUT2D eigenvalue weighted by molar-refractivity contribution is 7.53. The maximum Gasteiger partial charge on any atom is 0.475 e. The first-order chi connectivity index (χ1) is 51.4. The van der Waals surface area contributed by atoms with Crippen molar-refractivity contribution in [1.82, 2.24) is 0 Å². The van der Waals surface area contributed by atoms with Crippen LogP contribution in [0.2, 0.25) is 0 Å². The van der Waals surface area contributed by atoms with Crippen molar-refractivity contribution < 1.29 is 99.8 Å². The van der Waals surface area contributed by atoms with Gasteiger partial charge in [0.2, 0.25) is 0 Å². The Bertz CT molecular complexity index is 4080. The standard InChI is InChI=1S/C78H82O22P6/c1-101(79,85-53-63-33-13-3-14-34-63)95-73-74(96-102(2,80)86-54-64-35-15-4-16-36-64)76(98-104(82,89-57-67-41-21-7-22-42-67)90-58-68-43-23-8-24-44-68)78(100-106(84,93-61-71-49-29-11-30-50-71)94-62-72-51-31-12-32-52-72)77(99-105(83,91-59-69-45-25-9-26-46-69)92-60-70-47-27-10-28-48-70)75(73)97-103(81,87-55-65-37-17-5-18-38-65)88-56-66-39-19-6-20-40-66/h3-52,73-78H,53-62H2,1-2H3. The first kappa shape index (κ1) is 80.0. The molecule has 1 saturated carbocycles. The van der Waals surface area contributed by atoms with E-state index in [1.165, 1.54) is 0 Å². The fourth-order valence-electron chi connectivity index (χ4n) is 10.7. The van der Waals surface area contributed by atoms with Crippen molar-refractivity contribution in [2.75, 3.05) is 13.3 Å². The Morgan fingerprint density at radius 3 is 0.425 bits per heavy atom. The van der Waals surface area contributed by atoms with Crippen LogP contribution in [-0.4, -0.2) is 50.0 Å². The minimum Gasteiger partial charge on any atom is -0.304 e. The molecule has 8 unspecified atom stereocenters. The monoisotopic (exact) mass is 1560 g/mol. The van der Waals surface area contributed by atoms with Gasteiger partial charge in [-0.25, -0.2) is 18.3 Å². The van der Waals surface area contributed by atoms with Gasteiger partial charge >= 0.3 is 46.5 Å². The zero-order valence-corrected chi connectivity index (χ0v) is 63.4. The fourth-order valence-corrected chi connectivity index (χ4v) is 18.3. The minimum atomic E-state index is -5.46. The number of benzene rings is 10. The molecule has 1 fully saturated rings. The summed E-state index contributed by atoms with van der Waals surface area (Å²) in [4.78, 5) is 0. The largest absolute Gasteiger partial charge is 0.475 e. The van der Waals surface area contributed by atoms with Gasteiger partial charge in [0.15, 0.2) is 0 Å². The van der Waals surface area contributed by atoms with Crippen LogP contribution in [0.15, 0.2) is 303 Å². The van der Waals surface area contributed by atoms with Crippen molar-refractivity contribution in [2.45, 2.75) is 103 Å². The maximum absolute atomic E-state index is 16.8. The first-order valence-corrected chi connectivity index (χ1v) is 43.7. The Kier molecular flexibility index (Phi) is 29.7. The lowest BCUT2D eigenvalue weighted by atomic mass is 9.85. The SMILES string of the molecule is CP(=O)(OCc1ccccc1)OC1C(OP(C)(=O)OCc2ccccc2)C(OP(=O)(OCc2ccccc2)OCc2ccccc2)C(OP(=O)(OCc2ccccc2)OCc2ccccc2)C(OP(=O)(OCc2ccccc2)OCc2ccccc2)C1OP(=O)(OCc1ccccc1)OCc1ccccc1. The highest BCUT2D eigenvalue weighted by atomic mass is 31.2. The summed E-state index contributed by atoms with van der Waals surface area (Å²) in [7, 11) is -31.4. The van der Waals surface area contributed by atoms with E-state index in [-0.39, 0.29) is 13.2 Å². The second-order valence-corrected chi connectivity index (χ2v) is 34.9. The molecule has 0 radical (unpaired) electrons. The first-order valence-electron chi connectivity index (χ1n) is 33.9. The van der Waals surface area contributed by atoms with E-state index in [0.29, 0.717) is 55.6 Å². The molecule has 11 rings (SSSR count). The highest BCUT2D eigenvalue weighted by Crippen LogP contribution is 2.66. The summed E-state index contributed by atoms with van der Waals surface area (Å²) in [5.74, 6) is 0. The van der Waals surface area contributed by atoms with Crippen LogP contribution in [0.25, 0.3) is 0 Å². The van der Waals surface area contributed by atoms with Crippen LogP contribution < -0.4 is 0 Å². The lowest BCUT2D eigenvalue weighted by Crippen LogP contribution is -2.66. The summed E-state index contributed by atoms with van der Waals surface area (Å²) < 4.78 is 204. The van der Waals surface area contributed by atoms with E-state index < -0.39 is 136 Å². The Morgan fingerprint density at radius 1 is 0.179 bits per heavy atom. The van der Waals surface area contributed by atoms with Crippen LogP contribution in [0.3, 0.4) is 0 Å². The molecular weight excluding hydrogens is 1470 g/mol. The summed E-state index contributed by atoms with van der Waals surface area (Å²) in [6, 6.07) is 85.9. The van der Waals surface area contributed by atoms with Crippen molar-refractivity contribution in [3.8, 4) is 0 Å². The van der Waals surface area contributed by atoms with Crippen LogP contribution in [-0.2, 0) is 166 Å². The van der Waals surface area contributed by atoms with E-state index in [1.54, 1.807) is 303 Å². The number of phosphoric acid groups is 4. The predicted octanol–water partition coefficient (Wildman–Crippen LogP) is 20.6. The molecule has 0 aliphatic heterocycles. The van der Waals surface area contributed by atoms with Gasteiger partial charge in [-0.05, 0) is 55.6 Å². The maximum atomic E-state index is 16.8. The van der Waals surface area contributed by atoms with Gasteiger partial charge in [-0.15, -0.1) is 0 Å². The van der Waals surface area contributed by atoms with Crippen molar-refractivity contribution in [3.05, 3.63) is 359 Å². The van der Waals surface area contributed by atoms with Gasteiger partial charge in [-0.2, -0.15) is 0 Å². The van der Waals surface area contributed by atoms with Crippen molar-refractivity contribution in [1.29, 1.82) is 0 Å². The van der Waals surface area contributed by atoms with Crippen LogP contribution >= 0.6 is 46.5 Å². The molecule has 28 heteroatoms. The summed E-state index contributed by atoms with van der Waals surface area (Å²) in [6.45, 7) is -2.46. The Morgan fingerprint density at radius 2 is 0.292 bits per heavy atom. The zero-order chi connectivity index (χ0) is 74.0. The van der Waals surface area contributed by atoms with E-state index in [0.717, 1.165) is 13.3 Å². The number of hydrogen-bond donors (Lipinski definition) is 0. The molecule has 1 aliphatic carbocycles. The van der Waals surface area contributed by atoms with Crippen LogP contribution in [0, 0.1) is 0 Å². The smallest absolute Gasteiger partial charge is 0.304 e. The molecule has 0 heterocycles. The van der Waals surface area contributed by atoms with Crippen molar-refractivity contribution in [3.63, 3.8) is 0 Å². The molecule has 8 atom stereocenters. The van der Waals surface area contributed by atoms with Gasteiger partial charge in [0.25, 0.3) is 0 Å². The van der Waals surface area contributed by atoms with Crippen LogP contribution in [0.1, 0.15) is 55.6 Å². The van der Waals surface area contributed by atoms with Gasteiger partial charge in [0, 0.05) is 13.3 Å². The number of hydrogen-bond acceptors (Lipinski definition) is 22. The Balaban J connectivity index is 1.18. The highest BCUT2D eigenvalue weighted by Gasteiger charge is 2.64. The normalized spacial score (nSPS) is 18.3. The summed E-state index contributed by atoms with van der Waals surface area (Å²) in [5.41, 5.74) is 4.74. The van der Waals surface area contributed by atoms with Gasteiger partial charge < -0.3 is 9.05 Å². The summed E-state index contributed by atoms with van der Waals surface area (Å²) in [6.07, 6.45) is -14.7. The fraction of sp³-hybridized carbons (Fsp3) is 0.231. The third-order valence-corrected chi connectivity index (χ3v) is 24.1. The molecule has 0 bridgehead atoms. The second-order valence-electron chi connectivity index (χ2n) is 24.3. The van der Waals surface area contributed by atoms with E-state index in [4.69, 9.17) is 72.4 Å². The molecule has 0 amide bonds. The topological polar surface area (TPSA) is 250 Å². The molecule has 10 aromatic carbocycles. The molecule has 106 heavy (non-hydrogen) atoms. The summed E-state index contributed by atoms with van der Waals surface area (Å²) >= 11 is 0. The lowest BCUT2D eigenvalue weighted by Gasteiger charge is -2.50. The molecule has 1 aliphatic rings.